The lowest BCUT2D eigenvalue weighted by Crippen LogP contribution is -1.95. The molecule has 29 heavy (non-hydrogen) atoms. The Balaban J connectivity index is 1.88. The Hall–Kier alpha value is -3.44. The van der Waals surface area contributed by atoms with Crippen LogP contribution in [0.1, 0.15) is 5.69 Å². The molecule has 0 spiro atoms. The Bertz CT molecular complexity index is 1400. The molecule has 4 heterocycles. The summed E-state index contributed by atoms with van der Waals surface area (Å²) in [7, 11) is 0. The van der Waals surface area contributed by atoms with Crippen molar-refractivity contribution in [1.82, 2.24) is 19.9 Å². The van der Waals surface area contributed by atoms with Gasteiger partial charge < -0.3 is 0 Å². The van der Waals surface area contributed by atoms with Crippen molar-refractivity contribution < 1.29 is 4.39 Å². The fraction of sp³-hybridized carbons (Fsp3) is 0.0435. The molecule has 140 valence electrons. The van der Waals surface area contributed by atoms with Crippen molar-refractivity contribution in [3.05, 3.63) is 83.8 Å². The van der Waals surface area contributed by atoms with Gasteiger partial charge in [0, 0.05) is 57.4 Å². The van der Waals surface area contributed by atoms with Crippen LogP contribution in [-0.2, 0) is 0 Å². The molecule has 0 aliphatic rings. The number of benzene rings is 1. The molecule has 4 aromatic heterocycles. The van der Waals surface area contributed by atoms with Crippen LogP contribution in [0, 0.1) is 12.7 Å². The maximum atomic E-state index is 14.6. The topological polar surface area (TPSA) is 51.6 Å². The lowest BCUT2D eigenvalue weighted by atomic mass is 9.96. The van der Waals surface area contributed by atoms with Crippen molar-refractivity contribution >= 4 is 33.4 Å². The molecule has 0 N–H and O–H groups in total. The highest BCUT2D eigenvalue weighted by atomic mass is 35.5. The number of hydrogen-bond acceptors (Lipinski definition) is 4. The number of aryl methyl sites for hydroxylation is 1. The van der Waals surface area contributed by atoms with Gasteiger partial charge in [0.15, 0.2) is 5.65 Å². The van der Waals surface area contributed by atoms with Gasteiger partial charge in [-0.05, 0) is 60.3 Å². The third-order valence-corrected chi connectivity index (χ3v) is 5.20. The maximum absolute atomic E-state index is 14.6. The largest absolute Gasteiger partial charge is 0.264 e. The summed E-state index contributed by atoms with van der Waals surface area (Å²) in [5, 5.41) is 3.29. The van der Waals surface area contributed by atoms with E-state index in [9.17, 15) is 4.39 Å². The number of rotatable bonds is 2. The third kappa shape index (κ3) is 3.00. The van der Waals surface area contributed by atoms with E-state index in [4.69, 9.17) is 11.6 Å². The van der Waals surface area contributed by atoms with E-state index >= 15 is 0 Å². The predicted molar refractivity (Wildman–Crippen MR) is 113 cm³/mol. The van der Waals surface area contributed by atoms with Gasteiger partial charge in [-0.25, -0.2) is 14.4 Å². The van der Waals surface area contributed by atoms with Gasteiger partial charge in [-0.15, -0.1) is 0 Å². The van der Waals surface area contributed by atoms with Crippen LogP contribution in [0.25, 0.3) is 44.2 Å². The van der Waals surface area contributed by atoms with Crippen LogP contribution in [0.4, 0.5) is 4.39 Å². The Morgan fingerprint density at radius 3 is 2.62 bits per heavy atom. The molecule has 0 aliphatic heterocycles. The highest BCUT2D eigenvalue weighted by molar-refractivity contribution is 6.30. The SMILES string of the molecule is Cc1ncc(-c2cc(-c3cc(Cl)ccc3F)nc3ncccc23)c2ccncc12. The van der Waals surface area contributed by atoms with Crippen LogP contribution in [0.3, 0.4) is 0 Å². The highest BCUT2D eigenvalue weighted by Crippen LogP contribution is 2.36. The van der Waals surface area contributed by atoms with E-state index in [1.165, 1.54) is 12.1 Å². The first-order valence-electron chi connectivity index (χ1n) is 9.03. The number of pyridine rings is 4. The molecule has 5 rings (SSSR count). The zero-order valence-electron chi connectivity index (χ0n) is 15.4. The molecule has 4 nitrogen and oxygen atoms in total. The Morgan fingerprint density at radius 2 is 1.72 bits per heavy atom. The second-order valence-corrected chi connectivity index (χ2v) is 7.17. The average Bonchev–Trinajstić information content (AvgIpc) is 2.75. The van der Waals surface area contributed by atoms with E-state index in [0.717, 1.165) is 33.0 Å². The first-order valence-corrected chi connectivity index (χ1v) is 9.40. The summed E-state index contributed by atoms with van der Waals surface area (Å²) < 4.78 is 14.6. The van der Waals surface area contributed by atoms with E-state index in [0.29, 0.717) is 21.9 Å². The van der Waals surface area contributed by atoms with Gasteiger partial charge in [-0.2, -0.15) is 0 Å². The van der Waals surface area contributed by atoms with Gasteiger partial charge in [0.1, 0.15) is 5.82 Å². The van der Waals surface area contributed by atoms with Crippen LogP contribution >= 0.6 is 11.6 Å². The first kappa shape index (κ1) is 17.6. The van der Waals surface area contributed by atoms with Gasteiger partial charge in [-0.3, -0.25) is 9.97 Å². The Kier molecular flexibility index (Phi) is 4.18. The van der Waals surface area contributed by atoms with Crippen LogP contribution < -0.4 is 0 Å². The quantitative estimate of drug-likeness (QED) is 0.364. The zero-order valence-corrected chi connectivity index (χ0v) is 16.2. The van der Waals surface area contributed by atoms with Gasteiger partial charge in [-0.1, -0.05) is 11.6 Å². The Morgan fingerprint density at radius 1 is 0.828 bits per heavy atom. The van der Waals surface area contributed by atoms with Crippen molar-refractivity contribution in [3.63, 3.8) is 0 Å². The molecule has 0 fully saturated rings. The number of fused-ring (bicyclic) bond motifs is 2. The molecule has 5 aromatic rings. The summed E-state index contributed by atoms with van der Waals surface area (Å²) in [4.78, 5) is 17.8. The molecule has 0 unspecified atom stereocenters. The molecular formula is C23H14ClFN4. The van der Waals surface area contributed by atoms with E-state index in [1.54, 1.807) is 24.7 Å². The summed E-state index contributed by atoms with van der Waals surface area (Å²) >= 11 is 6.11. The minimum absolute atomic E-state index is 0.331. The number of nitrogens with zero attached hydrogens (tertiary/aromatic N) is 4. The van der Waals surface area contributed by atoms with Crippen LogP contribution in [0.5, 0.6) is 0 Å². The van der Waals surface area contributed by atoms with Crippen molar-refractivity contribution in [2.45, 2.75) is 6.92 Å². The van der Waals surface area contributed by atoms with E-state index < -0.39 is 0 Å². The number of hydrogen-bond donors (Lipinski definition) is 0. The molecule has 0 atom stereocenters. The van der Waals surface area contributed by atoms with E-state index in [-0.39, 0.29) is 5.82 Å². The molecule has 0 saturated heterocycles. The molecule has 0 aliphatic carbocycles. The molecule has 1 aromatic carbocycles. The third-order valence-electron chi connectivity index (χ3n) is 4.97. The average molecular weight is 401 g/mol. The van der Waals surface area contributed by atoms with Gasteiger partial charge >= 0.3 is 0 Å². The monoisotopic (exact) mass is 400 g/mol. The van der Waals surface area contributed by atoms with Crippen LogP contribution in [-0.4, -0.2) is 19.9 Å². The van der Waals surface area contributed by atoms with Crippen molar-refractivity contribution in [2.75, 3.05) is 0 Å². The number of halogens is 2. The summed E-state index contributed by atoms with van der Waals surface area (Å²) in [5.41, 5.74) is 4.01. The smallest absolute Gasteiger partial charge is 0.160 e. The van der Waals surface area contributed by atoms with Gasteiger partial charge in [0.05, 0.1) is 5.69 Å². The van der Waals surface area contributed by atoms with Crippen molar-refractivity contribution in [3.8, 4) is 22.4 Å². The minimum atomic E-state index is -0.390. The van der Waals surface area contributed by atoms with E-state index in [1.807, 2.05) is 37.4 Å². The molecule has 0 bridgehead atoms. The second-order valence-electron chi connectivity index (χ2n) is 6.73. The molecular weight excluding hydrogens is 387 g/mol. The molecule has 0 radical (unpaired) electrons. The summed E-state index contributed by atoms with van der Waals surface area (Å²) in [6.45, 7) is 1.95. The maximum Gasteiger partial charge on any atom is 0.160 e. The molecule has 6 heteroatoms. The fourth-order valence-electron chi connectivity index (χ4n) is 3.54. The second kappa shape index (κ2) is 6.87. The van der Waals surface area contributed by atoms with Crippen LogP contribution in [0.15, 0.2) is 67.3 Å². The normalized spacial score (nSPS) is 11.3. The minimum Gasteiger partial charge on any atom is -0.264 e. The summed E-state index contributed by atoms with van der Waals surface area (Å²) in [6, 6.07) is 12.1. The fourth-order valence-corrected chi connectivity index (χ4v) is 3.72. The first-order chi connectivity index (χ1) is 14.1. The zero-order chi connectivity index (χ0) is 20.0. The van der Waals surface area contributed by atoms with Crippen LogP contribution in [0.2, 0.25) is 5.02 Å². The van der Waals surface area contributed by atoms with Gasteiger partial charge in [0.25, 0.3) is 0 Å². The highest BCUT2D eigenvalue weighted by Gasteiger charge is 2.16. The summed E-state index contributed by atoms with van der Waals surface area (Å²) in [5.74, 6) is -0.390. The standard InChI is InChI=1S/C23H14ClFN4/c1-13-19-11-26-8-6-15(19)20(12-28-13)17-10-22(18-9-14(24)4-5-21(18)25)29-23-16(17)3-2-7-27-23/h2-12H,1H3. The predicted octanol–water partition coefficient (Wildman–Crippen LogP) is 6.01. The Labute approximate surface area is 171 Å². The molecule has 0 amide bonds. The molecule has 0 saturated carbocycles. The van der Waals surface area contributed by atoms with Gasteiger partial charge in [0.2, 0.25) is 0 Å². The number of aromatic nitrogens is 4. The lowest BCUT2D eigenvalue weighted by Gasteiger charge is -2.13. The lowest BCUT2D eigenvalue weighted by molar-refractivity contribution is 0.631. The van der Waals surface area contributed by atoms with Crippen molar-refractivity contribution in [1.29, 1.82) is 0 Å². The van der Waals surface area contributed by atoms with Crippen molar-refractivity contribution in [2.24, 2.45) is 0 Å². The summed E-state index contributed by atoms with van der Waals surface area (Å²) in [6.07, 6.45) is 7.06. The van der Waals surface area contributed by atoms with E-state index in [2.05, 4.69) is 19.9 Å².